The predicted molar refractivity (Wildman–Crippen MR) is 94.9 cm³/mol. The third kappa shape index (κ3) is 4.02. The van der Waals surface area contributed by atoms with E-state index in [1.54, 1.807) is 37.4 Å². The lowest BCUT2D eigenvalue weighted by Crippen LogP contribution is -2.07. The van der Waals surface area contributed by atoms with E-state index in [9.17, 15) is 4.39 Å². The van der Waals surface area contributed by atoms with Gasteiger partial charge in [0.25, 0.3) is 0 Å². The van der Waals surface area contributed by atoms with Crippen molar-refractivity contribution in [1.82, 2.24) is 20.2 Å². The van der Waals surface area contributed by atoms with Crippen LogP contribution in [0.1, 0.15) is 11.1 Å². The summed E-state index contributed by atoms with van der Waals surface area (Å²) in [5.74, 6) is 1.12. The second-order valence-electron chi connectivity index (χ2n) is 5.45. The molecular formula is C17H17ClFN5O2. The van der Waals surface area contributed by atoms with Crippen molar-refractivity contribution in [1.29, 1.82) is 0 Å². The highest BCUT2D eigenvalue weighted by molar-refractivity contribution is 6.31. The monoisotopic (exact) mass is 377 g/mol. The van der Waals surface area contributed by atoms with E-state index in [0.717, 1.165) is 5.56 Å². The molecule has 1 heterocycles. The number of benzene rings is 2. The van der Waals surface area contributed by atoms with Crippen molar-refractivity contribution in [2.24, 2.45) is 7.05 Å². The van der Waals surface area contributed by atoms with E-state index in [-0.39, 0.29) is 12.4 Å². The van der Waals surface area contributed by atoms with E-state index >= 15 is 0 Å². The van der Waals surface area contributed by atoms with Crippen LogP contribution in [0.2, 0.25) is 5.02 Å². The van der Waals surface area contributed by atoms with E-state index in [2.05, 4.69) is 20.8 Å². The van der Waals surface area contributed by atoms with Crippen molar-refractivity contribution in [2.75, 3.05) is 12.4 Å². The first-order valence-electron chi connectivity index (χ1n) is 7.77. The molecule has 3 rings (SSSR count). The molecule has 9 heteroatoms. The van der Waals surface area contributed by atoms with Crippen molar-refractivity contribution < 1.29 is 13.9 Å². The number of methoxy groups -OCH3 is 1. The van der Waals surface area contributed by atoms with Crippen molar-refractivity contribution >= 4 is 17.5 Å². The number of tetrazole rings is 1. The number of aromatic nitrogens is 4. The van der Waals surface area contributed by atoms with Gasteiger partial charge in [0, 0.05) is 30.2 Å². The average molecular weight is 378 g/mol. The van der Waals surface area contributed by atoms with Gasteiger partial charge in [0.1, 0.15) is 12.4 Å². The molecule has 0 amide bonds. The Morgan fingerprint density at radius 1 is 1.19 bits per heavy atom. The lowest BCUT2D eigenvalue weighted by molar-refractivity contribution is 0.279. The van der Waals surface area contributed by atoms with Crippen LogP contribution in [0.4, 0.5) is 10.3 Å². The highest BCUT2D eigenvalue weighted by atomic mass is 35.5. The zero-order valence-corrected chi connectivity index (χ0v) is 15.0. The largest absolute Gasteiger partial charge is 0.493 e. The molecular weight excluding hydrogens is 361 g/mol. The average Bonchev–Trinajstić information content (AvgIpc) is 3.05. The van der Waals surface area contributed by atoms with Gasteiger partial charge in [-0.25, -0.2) is 9.07 Å². The summed E-state index contributed by atoms with van der Waals surface area (Å²) in [7, 11) is 3.26. The fourth-order valence-electron chi connectivity index (χ4n) is 2.31. The van der Waals surface area contributed by atoms with E-state index in [1.165, 1.54) is 17.9 Å². The van der Waals surface area contributed by atoms with Gasteiger partial charge < -0.3 is 14.8 Å². The number of aryl methyl sites for hydroxylation is 1. The van der Waals surface area contributed by atoms with E-state index in [4.69, 9.17) is 21.1 Å². The van der Waals surface area contributed by atoms with Crippen LogP contribution < -0.4 is 14.8 Å². The third-order valence-electron chi connectivity index (χ3n) is 3.73. The molecule has 7 nitrogen and oxygen atoms in total. The van der Waals surface area contributed by atoms with Crippen LogP contribution in [0, 0.1) is 5.82 Å². The second kappa shape index (κ2) is 8.01. The van der Waals surface area contributed by atoms with Crippen molar-refractivity contribution in [3.05, 3.63) is 58.4 Å². The van der Waals surface area contributed by atoms with Gasteiger partial charge in [0.05, 0.1) is 7.11 Å². The van der Waals surface area contributed by atoms with Gasteiger partial charge in [-0.3, -0.25) is 0 Å². The zero-order valence-electron chi connectivity index (χ0n) is 14.2. The topological polar surface area (TPSA) is 74.1 Å². The van der Waals surface area contributed by atoms with Crippen LogP contribution in [0.3, 0.4) is 0 Å². The van der Waals surface area contributed by atoms with Crippen LogP contribution in [-0.2, 0) is 20.2 Å². The molecule has 1 aromatic heterocycles. The molecule has 0 atom stereocenters. The molecule has 0 bridgehead atoms. The first-order valence-corrected chi connectivity index (χ1v) is 8.15. The molecule has 26 heavy (non-hydrogen) atoms. The first-order chi connectivity index (χ1) is 12.6. The molecule has 0 radical (unpaired) electrons. The van der Waals surface area contributed by atoms with Crippen LogP contribution in [0.15, 0.2) is 36.4 Å². The Bertz CT molecular complexity index is 903. The molecule has 2 aromatic carbocycles. The van der Waals surface area contributed by atoms with Crippen molar-refractivity contribution in [3.63, 3.8) is 0 Å². The molecule has 1 N–H and O–H groups in total. The summed E-state index contributed by atoms with van der Waals surface area (Å²) >= 11 is 6.34. The number of anilines is 1. The third-order valence-corrected chi connectivity index (χ3v) is 4.08. The summed E-state index contributed by atoms with van der Waals surface area (Å²) in [5.41, 5.74) is 1.23. The quantitative estimate of drug-likeness (QED) is 0.681. The van der Waals surface area contributed by atoms with Crippen LogP contribution in [0.5, 0.6) is 11.5 Å². The van der Waals surface area contributed by atoms with Gasteiger partial charge in [-0.1, -0.05) is 34.9 Å². The Hall–Kier alpha value is -2.87. The fraction of sp³-hybridized carbons (Fsp3) is 0.235. The number of halogens is 2. The maximum Gasteiger partial charge on any atom is 0.242 e. The minimum atomic E-state index is -0.323. The number of rotatable bonds is 7. The molecule has 0 saturated carbocycles. The predicted octanol–water partition coefficient (Wildman–Crippen LogP) is 3.20. The van der Waals surface area contributed by atoms with Crippen LogP contribution in [0.25, 0.3) is 0 Å². The number of ether oxygens (including phenoxy) is 2. The molecule has 0 aliphatic carbocycles. The molecule has 0 unspecified atom stereocenters. The lowest BCUT2D eigenvalue weighted by atomic mass is 10.2. The highest BCUT2D eigenvalue weighted by Crippen LogP contribution is 2.34. The maximum absolute atomic E-state index is 13.7. The Labute approximate surface area is 154 Å². The minimum absolute atomic E-state index is 0.0710. The summed E-state index contributed by atoms with van der Waals surface area (Å²) in [6.07, 6.45) is 0. The van der Waals surface area contributed by atoms with Gasteiger partial charge >= 0.3 is 0 Å². The molecule has 0 aliphatic heterocycles. The molecule has 0 aliphatic rings. The SMILES string of the molecule is COc1cc(CNc2nnnn2C)c(Cl)cc1OCc1ccccc1F. The van der Waals surface area contributed by atoms with Gasteiger partial charge in [-0.05, 0) is 28.1 Å². The standard InChI is InChI=1S/C17H17ClFN5O2/c1-24-17(21-22-23-24)20-9-12-7-15(25-2)16(8-13(12)18)26-10-11-5-3-4-6-14(11)19/h3-8H,9-10H2,1-2H3,(H,20,21,23). The minimum Gasteiger partial charge on any atom is -0.493 e. The molecule has 136 valence electrons. The van der Waals surface area contributed by atoms with Gasteiger partial charge in [0.15, 0.2) is 11.5 Å². The number of nitrogens with zero attached hydrogens (tertiary/aromatic N) is 4. The molecule has 3 aromatic rings. The number of hydrogen-bond donors (Lipinski definition) is 1. The smallest absolute Gasteiger partial charge is 0.242 e. The van der Waals surface area contributed by atoms with Gasteiger partial charge in [0.2, 0.25) is 5.95 Å². The van der Waals surface area contributed by atoms with Crippen molar-refractivity contribution in [2.45, 2.75) is 13.2 Å². The Balaban J connectivity index is 1.74. The van der Waals surface area contributed by atoms with Crippen LogP contribution in [-0.4, -0.2) is 27.3 Å². The van der Waals surface area contributed by atoms with Crippen molar-refractivity contribution in [3.8, 4) is 11.5 Å². The van der Waals surface area contributed by atoms with Gasteiger partial charge in [-0.15, -0.1) is 0 Å². The van der Waals surface area contributed by atoms with E-state index in [1.807, 2.05) is 0 Å². The zero-order chi connectivity index (χ0) is 18.5. The number of hydrogen-bond acceptors (Lipinski definition) is 6. The summed E-state index contributed by atoms with van der Waals surface area (Å²) in [4.78, 5) is 0. The Morgan fingerprint density at radius 3 is 2.69 bits per heavy atom. The fourth-order valence-corrected chi connectivity index (χ4v) is 2.53. The first kappa shape index (κ1) is 17.9. The molecule has 0 fully saturated rings. The summed E-state index contributed by atoms with van der Waals surface area (Å²) < 4.78 is 26.3. The molecule has 0 spiro atoms. The van der Waals surface area contributed by atoms with Crippen LogP contribution >= 0.6 is 11.6 Å². The summed E-state index contributed by atoms with van der Waals surface area (Å²) in [5, 5.41) is 14.7. The van der Waals surface area contributed by atoms with Gasteiger partial charge in [-0.2, -0.15) is 0 Å². The second-order valence-corrected chi connectivity index (χ2v) is 5.86. The normalized spacial score (nSPS) is 10.6. The highest BCUT2D eigenvalue weighted by Gasteiger charge is 2.13. The Kier molecular flexibility index (Phi) is 5.52. The van der Waals surface area contributed by atoms with E-state index in [0.29, 0.717) is 34.6 Å². The number of nitrogens with one attached hydrogen (secondary N) is 1. The lowest BCUT2D eigenvalue weighted by Gasteiger charge is -2.14. The summed E-state index contributed by atoms with van der Waals surface area (Å²) in [6.45, 7) is 0.471. The Morgan fingerprint density at radius 2 is 2.00 bits per heavy atom. The molecule has 0 saturated heterocycles. The summed E-state index contributed by atoms with van der Waals surface area (Å²) in [6, 6.07) is 9.84. The maximum atomic E-state index is 13.7. The van der Waals surface area contributed by atoms with E-state index < -0.39 is 0 Å².